The zero-order chi connectivity index (χ0) is 9.56. The fraction of sp³-hybridized carbons (Fsp3) is 0.857. The summed E-state index contributed by atoms with van der Waals surface area (Å²) in [7, 11) is 1.54. The predicted molar refractivity (Wildman–Crippen MR) is 49.3 cm³/mol. The molecule has 0 rings (SSSR count). The lowest BCUT2D eigenvalue weighted by Crippen LogP contribution is -2.36. The molecule has 0 heterocycles. The number of hydrogen-bond acceptors (Lipinski definition) is 5. The molecule has 0 radical (unpaired) electrons. The molecule has 72 valence electrons. The normalized spacial score (nSPS) is 15.3. The number of carbonyl (C=O) groups is 1. The third-order valence-corrected chi connectivity index (χ3v) is 1.61. The first-order chi connectivity index (χ1) is 5.61. The van der Waals surface area contributed by atoms with E-state index in [9.17, 15) is 4.79 Å². The van der Waals surface area contributed by atoms with Gasteiger partial charge in [0.15, 0.2) is 0 Å². The van der Waals surface area contributed by atoms with Gasteiger partial charge in [-0.25, -0.2) is 0 Å². The van der Waals surface area contributed by atoms with Crippen LogP contribution in [0.4, 0.5) is 0 Å². The van der Waals surface area contributed by atoms with Gasteiger partial charge < -0.3 is 15.2 Å². The van der Waals surface area contributed by atoms with E-state index in [-0.39, 0.29) is 6.10 Å². The van der Waals surface area contributed by atoms with Crippen LogP contribution in [0.5, 0.6) is 0 Å². The summed E-state index contributed by atoms with van der Waals surface area (Å²) in [5, 5.41) is 0. The second-order valence-corrected chi connectivity index (χ2v) is 2.86. The van der Waals surface area contributed by atoms with E-state index in [0.717, 1.165) is 0 Å². The molecule has 0 aliphatic heterocycles. The van der Waals surface area contributed by atoms with Crippen molar-refractivity contribution in [3.05, 3.63) is 0 Å². The molecule has 2 N–H and O–H groups in total. The molecule has 0 aliphatic rings. The number of ether oxygens (including phenoxy) is 2. The molecular formula is C7H15NO3S. The first-order valence-electron chi connectivity index (χ1n) is 3.67. The summed E-state index contributed by atoms with van der Waals surface area (Å²) in [6.07, 6.45) is -0.256. The molecule has 5 heteroatoms. The van der Waals surface area contributed by atoms with Crippen molar-refractivity contribution >= 4 is 18.6 Å². The van der Waals surface area contributed by atoms with Gasteiger partial charge in [0.1, 0.15) is 12.1 Å². The van der Waals surface area contributed by atoms with Gasteiger partial charge in [0, 0.05) is 12.9 Å². The zero-order valence-corrected chi connectivity index (χ0v) is 8.21. The molecule has 12 heavy (non-hydrogen) atoms. The van der Waals surface area contributed by atoms with Crippen molar-refractivity contribution in [2.45, 2.75) is 19.1 Å². The molecule has 4 nitrogen and oxygen atoms in total. The van der Waals surface area contributed by atoms with Gasteiger partial charge in [-0.15, -0.1) is 0 Å². The van der Waals surface area contributed by atoms with Gasteiger partial charge in [0.2, 0.25) is 0 Å². The Kier molecular flexibility index (Phi) is 6.14. The van der Waals surface area contributed by atoms with Gasteiger partial charge in [0.05, 0.1) is 6.61 Å². The summed E-state index contributed by atoms with van der Waals surface area (Å²) in [4.78, 5) is 11.0. The van der Waals surface area contributed by atoms with Gasteiger partial charge >= 0.3 is 5.97 Å². The minimum Gasteiger partial charge on any atom is -0.459 e. The quantitative estimate of drug-likeness (QED) is 0.470. The monoisotopic (exact) mass is 193 g/mol. The molecule has 2 unspecified atom stereocenters. The van der Waals surface area contributed by atoms with Crippen molar-refractivity contribution < 1.29 is 14.3 Å². The second kappa shape index (κ2) is 6.28. The Bertz CT molecular complexity index is 143. The van der Waals surface area contributed by atoms with Gasteiger partial charge in [-0.05, 0) is 6.92 Å². The highest BCUT2D eigenvalue weighted by molar-refractivity contribution is 7.80. The maximum Gasteiger partial charge on any atom is 0.324 e. The van der Waals surface area contributed by atoms with Crippen LogP contribution in [0.25, 0.3) is 0 Å². The summed E-state index contributed by atoms with van der Waals surface area (Å²) in [6, 6.07) is -0.646. The van der Waals surface area contributed by atoms with Crippen LogP contribution in [0, 0.1) is 0 Å². The van der Waals surface area contributed by atoms with Crippen LogP contribution in [-0.2, 0) is 14.3 Å². The average Bonchev–Trinajstić information content (AvgIpc) is 2.03. The van der Waals surface area contributed by atoms with Crippen molar-refractivity contribution in [1.82, 2.24) is 0 Å². The number of thiol groups is 1. The van der Waals surface area contributed by atoms with Crippen LogP contribution in [0.15, 0.2) is 0 Å². The standard InChI is InChI=1S/C7H15NO3S/c1-5(3-10-2)11-7(9)6(8)4-12/h5-6,12H,3-4,8H2,1-2H3. The molecule has 0 saturated heterocycles. The smallest absolute Gasteiger partial charge is 0.324 e. The van der Waals surface area contributed by atoms with E-state index in [1.807, 2.05) is 0 Å². The topological polar surface area (TPSA) is 61.5 Å². The molecule has 0 bridgehead atoms. The maximum absolute atomic E-state index is 11.0. The molecule has 0 aromatic carbocycles. The van der Waals surface area contributed by atoms with Crippen molar-refractivity contribution in [3.63, 3.8) is 0 Å². The van der Waals surface area contributed by atoms with E-state index in [2.05, 4.69) is 12.6 Å². The number of carbonyl (C=O) groups excluding carboxylic acids is 1. The van der Waals surface area contributed by atoms with Gasteiger partial charge in [-0.1, -0.05) is 0 Å². The van der Waals surface area contributed by atoms with E-state index >= 15 is 0 Å². The van der Waals surface area contributed by atoms with Crippen LogP contribution in [0.2, 0.25) is 0 Å². The third kappa shape index (κ3) is 4.58. The second-order valence-electron chi connectivity index (χ2n) is 2.49. The van der Waals surface area contributed by atoms with Crippen molar-refractivity contribution in [2.75, 3.05) is 19.5 Å². The van der Waals surface area contributed by atoms with Crippen molar-refractivity contribution in [2.24, 2.45) is 5.73 Å². The van der Waals surface area contributed by atoms with Gasteiger partial charge in [-0.3, -0.25) is 4.79 Å². The van der Waals surface area contributed by atoms with Crippen LogP contribution in [0.1, 0.15) is 6.92 Å². The van der Waals surface area contributed by atoms with E-state index in [4.69, 9.17) is 15.2 Å². The Morgan fingerprint density at radius 3 is 2.67 bits per heavy atom. The van der Waals surface area contributed by atoms with E-state index in [1.54, 1.807) is 14.0 Å². The van der Waals surface area contributed by atoms with Crippen LogP contribution >= 0.6 is 12.6 Å². The molecule has 0 aromatic heterocycles. The number of methoxy groups -OCH3 is 1. The lowest BCUT2D eigenvalue weighted by Gasteiger charge is -2.14. The van der Waals surface area contributed by atoms with Crippen molar-refractivity contribution in [3.8, 4) is 0 Å². The number of hydrogen-bond donors (Lipinski definition) is 2. The van der Waals surface area contributed by atoms with E-state index < -0.39 is 12.0 Å². The summed E-state index contributed by atoms with van der Waals surface area (Å²) < 4.78 is 9.69. The summed E-state index contributed by atoms with van der Waals surface area (Å²) >= 11 is 3.87. The van der Waals surface area contributed by atoms with Crippen LogP contribution in [-0.4, -0.2) is 37.6 Å². The Morgan fingerprint density at radius 1 is 1.67 bits per heavy atom. The maximum atomic E-state index is 11.0. The Morgan fingerprint density at radius 2 is 2.25 bits per heavy atom. The minimum absolute atomic E-state index is 0.256. The highest BCUT2D eigenvalue weighted by atomic mass is 32.1. The molecule has 0 aromatic rings. The number of rotatable bonds is 5. The molecule has 0 saturated carbocycles. The molecular weight excluding hydrogens is 178 g/mol. The lowest BCUT2D eigenvalue weighted by molar-refractivity contribution is -0.151. The summed E-state index contributed by atoms with van der Waals surface area (Å²) in [5.41, 5.74) is 5.37. The first-order valence-corrected chi connectivity index (χ1v) is 4.31. The lowest BCUT2D eigenvalue weighted by atomic mass is 10.3. The molecule has 0 spiro atoms. The Hall–Kier alpha value is -0.260. The zero-order valence-electron chi connectivity index (χ0n) is 7.32. The average molecular weight is 193 g/mol. The molecule has 0 aliphatic carbocycles. The van der Waals surface area contributed by atoms with Gasteiger partial charge in [-0.2, -0.15) is 12.6 Å². The number of esters is 1. The van der Waals surface area contributed by atoms with Crippen LogP contribution in [0.3, 0.4) is 0 Å². The largest absolute Gasteiger partial charge is 0.459 e. The fourth-order valence-corrected chi connectivity index (χ4v) is 0.778. The Labute approximate surface area is 77.8 Å². The number of nitrogens with two attached hydrogens (primary N) is 1. The molecule has 0 fully saturated rings. The highest BCUT2D eigenvalue weighted by Gasteiger charge is 2.15. The third-order valence-electron chi connectivity index (χ3n) is 1.22. The molecule has 2 atom stereocenters. The summed E-state index contributed by atoms with van der Waals surface area (Å²) in [6.45, 7) is 2.12. The van der Waals surface area contributed by atoms with Gasteiger partial charge in [0.25, 0.3) is 0 Å². The molecule has 0 amide bonds. The highest BCUT2D eigenvalue weighted by Crippen LogP contribution is 1.95. The first kappa shape index (κ1) is 11.7. The SMILES string of the molecule is COCC(C)OC(=O)C(N)CS. The van der Waals surface area contributed by atoms with Crippen molar-refractivity contribution in [1.29, 1.82) is 0 Å². The predicted octanol–water partition coefficient (Wildman–Crippen LogP) is -0.178. The van der Waals surface area contributed by atoms with E-state index in [1.165, 1.54) is 0 Å². The van der Waals surface area contributed by atoms with Crippen LogP contribution < -0.4 is 5.73 Å². The summed E-state index contributed by atoms with van der Waals surface area (Å²) in [5.74, 6) is -0.145. The fourth-order valence-electron chi connectivity index (χ4n) is 0.629. The Balaban J connectivity index is 3.67. The van der Waals surface area contributed by atoms with E-state index in [0.29, 0.717) is 12.4 Å². The minimum atomic E-state index is -0.646.